The molecule has 0 aliphatic carbocycles. The highest BCUT2D eigenvalue weighted by Crippen LogP contribution is 2.03. The van der Waals surface area contributed by atoms with Crippen LogP contribution < -0.4 is 5.48 Å². The number of nitrogens with one attached hydrogen (secondary N) is 1. The minimum Gasteiger partial charge on any atom is -0.411 e. The molecular weight excluding hydrogens is 168 g/mol. The van der Waals surface area contributed by atoms with Crippen LogP contribution in [0.2, 0.25) is 0 Å². The van der Waals surface area contributed by atoms with E-state index < -0.39 is 6.04 Å². The minimum absolute atomic E-state index is 0.396. The molecule has 3 N–H and O–H groups in total. The van der Waals surface area contributed by atoms with E-state index in [4.69, 9.17) is 10.4 Å². The fraction of sp³-hybridized carbons (Fsp3) is 0.222. The van der Waals surface area contributed by atoms with Gasteiger partial charge >= 0.3 is 0 Å². The fourth-order valence-corrected chi connectivity index (χ4v) is 1.06. The lowest BCUT2D eigenvalue weighted by atomic mass is 10.1. The molecule has 1 atom stereocenters. The van der Waals surface area contributed by atoms with Gasteiger partial charge in [-0.1, -0.05) is 35.5 Å². The molecule has 0 spiro atoms. The molecule has 0 amide bonds. The van der Waals surface area contributed by atoms with Crippen molar-refractivity contribution in [3.63, 3.8) is 0 Å². The molecular formula is C9H12N2O2. The summed E-state index contributed by atoms with van der Waals surface area (Å²) in [5.41, 5.74) is 3.21. The molecule has 0 saturated heterocycles. The molecule has 0 radical (unpaired) electrons. The molecule has 0 aromatic heterocycles. The molecule has 0 saturated carbocycles. The Bertz CT molecular complexity index is 285. The lowest BCUT2D eigenvalue weighted by molar-refractivity contribution is 0.154. The van der Waals surface area contributed by atoms with Crippen molar-refractivity contribution >= 4 is 5.71 Å². The summed E-state index contributed by atoms with van der Waals surface area (Å²) < 4.78 is 0. The van der Waals surface area contributed by atoms with Crippen LogP contribution in [0.15, 0.2) is 35.5 Å². The first kappa shape index (κ1) is 9.70. The van der Waals surface area contributed by atoms with E-state index in [1.54, 1.807) is 6.92 Å². The van der Waals surface area contributed by atoms with Gasteiger partial charge in [-0.15, -0.1) is 0 Å². The van der Waals surface area contributed by atoms with Crippen LogP contribution in [0.4, 0.5) is 0 Å². The van der Waals surface area contributed by atoms with Gasteiger partial charge in [-0.25, -0.2) is 0 Å². The quantitative estimate of drug-likeness (QED) is 0.372. The van der Waals surface area contributed by atoms with Gasteiger partial charge in [0.2, 0.25) is 0 Å². The molecule has 0 fully saturated rings. The third kappa shape index (κ3) is 2.27. The van der Waals surface area contributed by atoms with Crippen LogP contribution in [0.1, 0.15) is 12.5 Å². The highest BCUT2D eigenvalue weighted by molar-refractivity contribution is 6.03. The van der Waals surface area contributed by atoms with E-state index in [1.807, 2.05) is 35.8 Å². The molecule has 0 aliphatic heterocycles. The van der Waals surface area contributed by atoms with Crippen molar-refractivity contribution in [2.24, 2.45) is 5.16 Å². The second-order valence-corrected chi connectivity index (χ2v) is 2.70. The Morgan fingerprint density at radius 3 is 2.46 bits per heavy atom. The Hall–Kier alpha value is -1.39. The van der Waals surface area contributed by atoms with Gasteiger partial charge in [-0.3, -0.25) is 0 Å². The molecule has 4 heteroatoms. The van der Waals surface area contributed by atoms with E-state index in [1.165, 1.54) is 0 Å². The van der Waals surface area contributed by atoms with Crippen LogP contribution >= 0.6 is 0 Å². The minimum atomic E-state index is -0.396. The second kappa shape index (κ2) is 4.59. The standard InChI is InChI=1S/C9H12N2O2/c1-7(10-12)9(11-13)8-5-3-2-4-6-8/h2-7,10,12-13H,1H3. The highest BCUT2D eigenvalue weighted by atomic mass is 16.5. The van der Waals surface area contributed by atoms with Crippen LogP contribution in [-0.4, -0.2) is 22.2 Å². The second-order valence-electron chi connectivity index (χ2n) is 2.70. The molecule has 13 heavy (non-hydrogen) atoms. The molecule has 1 unspecified atom stereocenters. The van der Waals surface area contributed by atoms with Crippen molar-refractivity contribution in [1.29, 1.82) is 0 Å². The van der Waals surface area contributed by atoms with Gasteiger partial charge < -0.3 is 10.4 Å². The van der Waals surface area contributed by atoms with Gasteiger partial charge in [0.1, 0.15) is 5.71 Å². The normalized spacial score (nSPS) is 14.2. The van der Waals surface area contributed by atoms with Crippen LogP contribution in [0.3, 0.4) is 0 Å². The van der Waals surface area contributed by atoms with Gasteiger partial charge in [-0.05, 0) is 6.92 Å². The zero-order valence-electron chi connectivity index (χ0n) is 7.31. The Kier molecular flexibility index (Phi) is 3.42. The van der Waals surface area contributed by atoms with Gasteiger partial charge in [0, 0.05) is 5.56 Å². The molecule has 1 rings (SSSR count). The molecule has 4 nitrogen and oxygen atoms in total. The van der Waals surface area contributed by atoms with Crippen LogP contribution in [0.25, 0.3) is 0 Å². The van der Waals surface area contributed by atoms with Crippen molar-refractivity contribution in [1.82, 2.24) is 5.48 Å². The molecule has 70 valence electrons. The first-order valence-electron chi connectivity index (χ1n) is 3.96. The molecule has 0 bridgehead atoms. The number of oxime groups is 1. The number of hydrogen-bond acceptors (Lipinski definition) is 4. The summed E-state index contributed by atoms with van der Waals surface area (Å²) in [6.45, 7) is 1.70. The molecule has 0 heterocycles. The zero-order valence-corrected chi connectivity index (χ0v) is 7.31. The largest absolute Gasteiger partial charge is 0.411 e. The number of benzene rings is 1. The zero-order chi connectivity index (χ0) is 9.68. The number of nitrogens with zero attached hydrogens (tertiary/aromatic N) is 1. The average molecular weight is 180 g/mol. The summed E-state index contributed by atoms with van der Waals surface area (Å²) in [6.07, 6.45) is 0. The van der Waals surface area contributed by atoms with Crippen molar-refractivity contribution in [3.8, 4) is 0 Å². The maximum Gasteiger partial charge on any atom is 0.106 e. The molecule has 0 aliphatic rings. The average Bonchev–Trinajstić information content (AvgIpc) is 2.20. The highest BCUT2D eigenvalue weighted by Gasteiger charge is 2.11. The number of rotatable bonds is 3. The van der Waals surface area contributed by atoms with E-state index in [0.29, 0.717) is 5.71 Å². The van der Waals surface area contributed by atoms with Crippen molar-refractivity contribution < 1.29 is 10.4 Å². The first-order valence-corrected chi connectivity index (χ1v) is 3.96. The monoisotopic (exact) mass is 180 g/mol. The summed E-state index contributed by atoms with van der Waals surface area (Å²) in [6, 6.07) is 8.77. The van der Waals surface area contributed by atoms with Crippen LogP contribution in [0, 0.1) is 0 Å². The topological polar surface area (TPSA) is 64.8 Å². The van der Waals surface area contributed by atoms with Gasteiger partial charge in [0.25, 0.3) is 0 Å². The third-order valence-corrected chi connectivity index (χ3v) is 1.78. The van der Waals surface area contributed by atoms with Gasteiger partial charge in [0.15, 0.2) is 0 Å². The lowest BCUT2D eigenvalue weighted by Gasteiger charge is -2.10. The Labute approximate surface area is 76.5 Å². The Morgan fingerprint density at radius 1 is 1.38 bits per heavy atom. The number of hydrogen-bond donors (Lipinski definition) is 3. The van der Waals surface area contributed by atoms with Crippen LogP contribution in [0.5, 0.6) is 0 Å². The van der Waals surface area contributed by atoms with Crippen LogP contribution in [-0.2, 0) is 0 Å². The SMILES string of the molecule is CC(NO)C(=NO)c1ccccc1. The maximum absolute atomic E-state index is 8.72. The number of hydroxylamine groups is 1. The van der Waals surface area contributed by atoms with Crippen molar-refractivity contribution in [2.45, 2.75) is 13.0 Å². The molecule has 1 aromatic carbocycles. The predicted molar refractivity (Wildman–Crippen MR) is 49.1 cm³/mol. The summed E-state index contributed by atoms with van der Waals surface area (Å²) in [4.78, 5) is 0. The predicted octanol–water partition coefficient (Wildman–Crippen LogP) is 1.23. The van der Waals surface area contributed by atoms with E-state index >= 15 is 0 Å². The Balaban J connectivity index is 2.93. The molecule has 1 aromatic rings. The van der Waals surface area contributed by atoms with Crippen molar-refractivity contribution in [3.05, 3.63) is 35.9 Å². The Morgan fingerprint density at radius 2 is 2.00 bits per heavy atom. The van der Waals surface area contributed by atoms with E-state index in [2.05, 4.69) is 5.16 Å². The van der Waals surface area contributed by atoms with Crippen molar-refractivity contribution in [2.75, 3.05) is 0 Å². The van der Waals surface area contributed by atoms with E-state index in [-0.39, 0.29) is 0 Å². The maximum atomic E-state index is 8.72. The smallest absolute Gasteiger partial charge is 0.106 e. The summed E-state index contributed by atoms with van der Waals surface area (Å²) >= 11 is 0. The van der Waals surface area contributed by atoms with Gasteiger partial charge in [-0.2, -0.15) is 5.48 Å². The van der Waals surface area contributed by atoms with Gasteiger partial charge in [0.05, 0.1) is 6.04 Å². The van der Waals surface area contributed by atoms with E-state index in [0.717, 1.165) is 5.56 Å². The fourth-order valence-electron chi connectivity index (χ4n) is 1.06. The van der Waals surface area contributed by atoms with E-state index in [9.17, 15) is 0 Å². The lowest BCUT2D eigenvalue weighted by Crippen LogP contribution is -2.31. The first-order chi connectivity index (χ1) is 6.29. The summed E-state index contributed by atoms with van der Waals surface area (Å²) in [5.74, 6) is 0. The third-order valence-electron chi connectivity index (χ3n) is 1.78. The summed E-state index contributed by atoms with van der Waals surface area (Å²) in [7, 11) is 0. The summed E-state index contributed by atoms with van der Waals surface area (Å²) in [5, 5.41) is 20.5.